The van der Waals surface area contributed by atoms with E-state index in [0.717, 1.165) is 42.6 Å². The van der Waals surface area contributed by atoms with Crippen LogP contribution in [0.25, 0.3) is 0 Å². The van der Waals surface area contributed by atoms with Crippen LogP contribution in [-0.4, -0.2) is 60.4 Å². The lowest BCUT2D eigenvalue weighted by atomic mass is 10.0. The third kappa shape index (κ3) is 6.77. The summed E-state index contributed by atoms with van der Waals surface area (Å²) in [5, 5.41) is 12.1. The molecule has 0 aromatic heterocycles. The van der Waals surface area contributed by atoms with Crippen LogP contribution in [0.4, 0.5) is 23.7 Å². The number of hydrogen-bond acceptors (Lipinski definition) is 5. The van der Waals surface area contributed by atoms with Crippen molar-refractivity contribution < 1.29 is 27.6 Å². The van der Waals surface area contributed by atoms with Gasteiger partial charge in [-0.05, 0) is 63.4 Å². The smallest absolute Gasteiger partial charge is 0.331 e. The Labute approximate surface area is 237 Å². The molecule has 2 aromatic carbocycles. The molecule has 4 rings (SSSR count). The van der Waals surface area contributed by atoms with Crippen molar-refractivity contribution in [2.75, 3.05) is 37.6 Å². The molecular weight excluding hydrogens is 535 g/mol. The summed E-state index contributed by atoms with van der Waals surface area (Å²) in [7, 11) is 0. The highest BCUT2D eigenvalue weighted by atomic mass is 19.4. The number of unbranched alkanes of at least 4 members (excludes halogenated alkanes) is 1. The first-order valence-electron chi connectivity index (χ1n) is 13.5. The van der Waals surface area contributed by atoms with Crippen LogP contribution in [0.1, 0.15) is 55.8 Å². The van der Waals surface area contributed by atoms with Crippen LogP contribution in [0.5, 0.6) is 0 Å². The fourth-order valence-corrected chi connectivity index (χ4v) is 5.13. The van der Waals surface area contributed by atoms with Gasteiger partial charge in [-0.2, -0.15) is 18.4 Å². The number of amides is 4. The van der Waals surface area contributed by atoms with Gasteiger partial charge in [0.25, 0.3) is 11.8 Å². The zero-order valence-corrected chi connectivity index (χ0v) is 23.0. The number of nitrogens with zero attached hydrogens (tertiary/aromatic N) is 4. The molecule has 41 heavy (non-hydrogen) atoms. The maximum Gasteiger partial charge on any atom is 0.417 e. The quantitative estimate of drug-likeness (QED) is 0.357. The molecule has 11 heteroatoms. The molecule has 8 nitrogen and oxygen atoms in total. The van der Waals surface area contributed by atoms with Gasteiger partial charge in [0, 0.05) is 37.3 Å². The number of nitrogens with one attached hydrogen (secondary N) is 1. The maximum atomic E-state index is 13.4. The van der Waals surface area contributed by atoms with E-state index in [1.807, 2.05) is 37.3 Å². The third-order valence-electron chi connectivity index (χ3n) is 7.58. The number of imide groups is 1. The number of rotatable bonds is 8. The van der Waals surface area contributed by atoms with Crippen LogP contribution in [0.15, 0.2) is 59.7 Å². The summed E-state index contributed by atoms with van der Waals surface area (Å²) in [5.74, 6) is -1.28. The van der Waals surface area contributed by atoms with Gasteiger partial charge in [-0.25, -0.2) is 9.69 Å². The van der Waals surface area contributed by atoms with Gasteiger partial charge < -0.3 is 10.2 Å². The van der Waals surface area contributed by atoms with Crippen molar-refractivity contribution in [3.8, 4) is 6.07 Å². The Morgan fingerprint density at radius 1 is 1.02 bits per heavy atom. The maximum absolute atomic E-state index is 13.4. The Hall–Kier alpha value is -4.17. The molecule has 2 heterocycles. The molecule has 0 aliphatic carbocycles. The molecule has 2 aliphatic rings. The average molecular weight is 568 g/mol. The summed E-state index contributed by atoms with van der Waals surface area (Å²) < 4.78 is 40.2. The Balaban J connectivity index is 1.25. The lowest BCUT2D eigenvalue weighted by molar-refractivity contribution is -0.138. The molecule has 0 radical (unpaired) electrons. The fraction of sp³-hybridized carbons (Fsp3) is 0.400. The summed E-state index contributed by atoms with van der Waals surface area (Å²) >= 11 is 0. The highest BCUT2D eigenvalue weighted by Gasteiger charge is 2.39. The molecule has 1 fully saturated rings. The molecular formula is C30H32F3N5O3. The Morgan fingerprint density at radius 3 is 2.34 bits per heavy atom. The normalized spacial score (nSPS) is 17.2. The van der Waals surface area contributed by atoms with Gasteiger partial charge in [0.05, 0.1) is 28.9 Å². The van der Waals surface area contributed by atoms with Crippen LogP contribution in [0.3, 0.4) is 0 Å². The van der Waals surface area contributed by atoms with E-state index in [-0.39, 0.29) is 23.3 Å². The van der Waals surface area contributed by atoms with Crippen molar-refractivity contribution in [2.45, 2.75) is 45.3 Å². The summed E-state index contributed by atoms with van der Waals surface area (Å²) in [5.41, 5.74) is -0.417. The number of hydrogen-bond donors (Lipinski definition) is 1. The number of carbonyl (C=O) groups excluding carboxylic acids is 3. The number of carbonyl (C=O) groups is 3. The zero-order chi connectivity index (χ0) is 29.7. The van der Waals surface area contributed by atoms with Gasteiger partial charge in [0.15, 0.2) is 0 Å². The van der Waals surface area contributed by atoms with E-state index in [2.05, 4.69) is 10.2 Å². The minimum Gasteiger partial charge on any atom is -0.331 e. The van der Waals surface area contributed by atoms with Gasteiger partial charge >= 0.3 is 12.2 Å². The van der Waals surface area contributed by atoms with Gasteiger partial charge in [-0.15, -0.1) is 0 Å². The molecule has 0 unspecified atom stereocenters. The van der Waals surface area contributed by atoms with E-state index in [9.17, 15) is 27.6 Å². The van der Waals surface area contributed by atoms with Gasteiger partial charge in [-0.3, -0.25) is 14.5 Å². The van der Waals surface area contributed by atoms with E-state index >= 15 is 0 Å². The highest BCUT2D eigenvalue weighted by Crippen LogP contribution is 2.37. The number of halogens is 3. The number of benzene rings is 2. The molecule has 4 amide bonds. The summed E-state index contributed by atoms with van der Waals surface area (Å²) in [6.45, 7) is 6.87. The summed E-state index contributed by atoms with van der Waals surface area (Å²) in [4.78, 5) is 43.3. The number of alkyl halides is 3. The van der Waals surface area contributed by atoms with Crippen molar-refractivity contribution >= 4 is 23.5 Å². The second-order valence-corrected chi connectivity index (χ2v) is 10.3. The Bertz CT molecular complexity index is 1380. The van der Waals surface area contributed by atoms with Gasteiger partial charge in [0.1, 0.15) is 0 Å². The lowest BCUT2D eigenvalue weighted by Gasteiger charge is -2.35. The first-order chi connectivity index (χ1) is 19.5. The average Bonchev–Trinajstić information content (AvgIpc) is 3.17. The number of urea groups is 1. The molecule has 216 valence electrons. The van der Waals surface area contributed by atoms with Crippen LogP contribution in [0, 0.1) is 11.3 Å². The standard InChI is InChI=1S/C30H32F3N5O3/c1-20-25(28(40)38(27(20)39)24-12-11-23(19-34)26(18-24)30(31,32)33)10-6-7-13-36-14-16-37(17-15-36)29(41)35-21(2)22-8-4-3-5-9-22/h3-5,8-9,11-12,18,21H,6-7,10,13-17H2,1-2H3,(H,35,41)/t21-/m1/s1. The second-order valence-electron chi connectivity index (χ2n) is 10.3. The van der Waals surface area contributed by atoms with Crippen LogP contribution < -0.4 is 10.2 Å². The fourth-order valence-electron chi connectivity index (χ4n) is 5.13. The topological polar surface area (TPSA) is 96.8 Å². The minimum absolute atomic E-state index is 0.0933. The molecule has 2 aromatic rings. The van der Waals surface area contributed by atoms with Crippen LogP contribution >= 0.6 is 0 Å². The number of nitriles is 1. The first-order valence-corrected chi connectivity index (χ1v) is 13.5. The van der Waals surface area contributed by atoms with E-state index in [1.165, 1.54) is 19.1 Å². The third-order valence-corrected chi connectivity index (χ3v) is 7.58. The van der Waals surface area contributed by atoms with E-state index in [1.54, 1.807) is 4.90 Å². The molecule has 2 aliphatic heterocycles. The molecule has 0 spiro atoms. The monoisotopic (exact) mass is 567 g/mol. The van der Waals surface area contributed by atoms with E-state index in [0.29, 0.717) is 37.6 Å². The van der Waals surface area contributed by atoms with E-state index < -0.39 is 29.1 Å². The molecule has 1 atom stereocenters. The van der Waals surface area contributed by atoms with Crippen molar-refractivity contribution in [1.29, 1.82) is 5.26 Å². The molecule has 1 N–H and O–H groups in total. The second kappa shape index (κ2) is 12.6. The van der Waals surface area contributed by atoms with Crippen molar-refractivity contribution in [2.24, 2.45) is 0 Å². The van der Waals surface area contributed by atoms with Crippen LogP contribution in [-0.2, 0) is 15.8 Å². The van der Waals surface area contributed by atoms with Crippen molar-refractivity contribution in [3.63, 3.8) is 0 Å². The predicted molar refractivity (Wildman–Crippen MR) is 147 cm³/mol. The number of anilines is 1. The SMILES string of the molecule is CC1=C(CCCCN2CCN(C(=O)N[C@H](C)c3ccccc3)CC2)C(=O)N(c2ccc(C#N)c(C(F)(F)F)c2)C1=O. The summed E-state index contributed by atoms with van der Waals surface area (Å²) in [6.07, 6.45) is -3.09. The largest absolute Gasteiger partial charge is 0.417 e. The van der Waals surface area contributed by atoms with Crippen molar-refractivity contribution in [1.82, 2.24) is 15.1 Å². The minimum atomic E-state index is -4.80. The lowest BCUT2D eigenvalue weighted by Crippen LogP contribution is -2.52. The number of piperazine rings is 1. The summed E-state index contributed by atoms with van der Waals surface area (Å²) in [6, 6.07) is 13.9. The van der Waals surface area contributed by atoms with Crippen LogP contribution in [0.2, 0.25) is 0 Å². The predicted octanol–water partition coefficient (Wildman–Crippen LogP) is 5.03. The van der Waals surface area contributed by atoms with Gasteiger partial charge in [-0.1, -0.05) is 30.3 Å². The first kappa shape index (κ1) is 29.8. The Morgan fingerprint density at radius 2 is 1.71 bits per heavy atom. The molecule has 0 saturated carbocycles. The molecule has 0 bridgehead atoms. The Kier molecular flexibility index (Phi) is 9.13. The molecule has 1 saturated heterocycles. The zero-order valence-electron chi connectivity index (χ0n) is 23.0. The highest BCUT2D eigenvalue weighted by molar-refractivity contribution is 6.32. The van der Waals surface area contributed by atoms with Crippen molar-refractivity contribution in [3.05, 3.63) is 76.4 Å². The van der Waals surface area contributed by atoms with E-state index in [4.69, 9.17) is 5.26 Å². The van der Waals surface area contributed by atoms with Gasteiger partial charge in [0.2, 0.25) is 0 Å².